The molecule has 0 aliphatic rings. The number of aromatic nitrogens is 3. The Morgan fingerprint density at radius 1 is 1.54 bits per heavy atom. The van der Waals surface area contributed by atoms with E-state index in [1.807, 2.05) is 11.5 Å². The Balaban J connectivity index is 2.60. The summed E-state index contributed by atoms with van der Waals surface area (Å²) >= 11 is 5.05. The molecule has 0 bridgehead atoms. The van der Waals surface area contributed by atoms with Crippen molar-refractivity contribution in [2.75, 3.05) is 13.2 Å². The first-order valence-corrected chi connectivity index (χ1v) is 4.92. The van der Waals surface area contributed by atoms with Gasteiger partial charge in [-0.2, -0.15) is 5.10 Å². The Labute approximate surface area is 82.9 Å². The number of nitrogens with one attached hydrogen (secondary N) is 1. The Morgan fingerprint density at radius 2 is 2.31 bits per heavy atom. The maximum Gasteiger partial charge on any atom is 0.195 e. The van der Waals surface area contributed by atoms with Gasteiger partial charge in [-0.05, 0) is 26.1 Å². The van der Waals surface area contributed by atoms with Crippen molar-refractivity contribution in [2.24, 2.45) is 0 Å². The van der Waals surface area contributed by atoms with Crippen LogP contribution < -0.4 is 0 Å². The van der Waals surface area contributed by atoms with Gasteiger partial charge >= 0.3 is 0 Å². The molecule has 13 heavy (non-hydrogen) atoms. The van der Waals surface area contributed by atoms with Crippen molar-refractivity contribution in [3.8, 4) is 0 Å². The van der Waals surface area contributed by atoms with Gasteiger partial charge in [-0.1, -0.05) is 0 Å². The monoisotopic (exact) mass is 201 g/mol. The Kier molecular flexibility index (Phi) is 4.11. The van der Waals surface area contributed by atoms with E-state index >= 15 is 0 Å². The highest BCUT2D eigenvalue weighted by Crippen LogP contribution is 1.98. The summed E-state index contributed by atoms with van der Waals surface area (Å²) in [6, 6.07) is 0. The van der Waals surface area contributed by atoms with Crippen LogP contribution in [0.5, 0.6) is 0 Å². The molecule has 1 rings (SSSR count). The largest absolute Gasteiger partial charge is 0.381 e. The quantitative estimate of drug-likeness (QED) is 0.580. The van der Waals surface area contributed by atoms with E-state index in [0.29, 0.717) is 11.4 Å². The maximum atomic E-state index is 5.24. The molecule has 0 fully saturated rings. The number of hydrogen-bond donors (Lipinski definition) is 1. The van der Waals surface area contributed by atoms with Crippen LogP contribution in [0.1, 0.15) is 19.7 Å². The number of hydrogen-bond acceptors (Lipinski definition) is 3. The molecule has 0 aliphatic carbocycles. The second kappa shape index (κ2) is 5.14. The lowest BCUT2D eigenvalue weighted by molar-refractivity contribution is 0.149. The molecular formula is C8H15N3OS. The zero-order valence-corrected chi connectivity index (χ0v) is 8.86. The van der Waals surface area contributed by atoms with Gasteiger partial charge in [0, 0.05) is 19.6 Å². The molecule has 4 nitrogen and oxygen atoms in total. The van der Waals surface area contributed by atoms with Crippen LogP contribution in [0, 0.1) is 4.77 Å². The second-order valence-electron chi connectivity index (χ2n) is 2.64. The molecule has 0 saturated carbocycles. The van der Waals surface area contributed by atoms with Crippen LogP contribution in [-0.4, -0.2) is 28.0 Å². The van der Waals surface area contributed by atoms with Crippen molar-refractivity contribution in [3.05, 3.63) is 10.6 Å². The van der Waals surface area contributed by atoms with Gasteiger partial charge in [0.1, 0.15) is 5.82 Å². The van der Waals surface area contributed by atoms with Crippen molar-refractivity contribution in [1.29, 1.82) is 0 Å². The Morgan fingerprint density at radius 3 is 2.92 bits per heavy atom. The molecule has 0 unspecified atom stereocenters. The zero-order valence-electron chi connectivity index (χ0n) is 8.04. The van der Waals surface area contributed by atoms with Gasteiger partial charge in [0.25, 0.3) is 0 Å². The first-order chi connectivity index (χ1) is 6.29. The number of rotatable bonds is 5. The van der Waals surface area contributed by atoms with Crippen LogP contribution in [0.4, 0.5) is 0 Å². The standard InChI is InChI=1S/C8H15N3OS/c1-3-11-7(5-6-12-4-2)9-10-8(11)13/h3-6H2,1-2H3,(H,10,13). The van der Waals surface area contributed by atoms with Crippen LogP contribution in [-0.2, 0) is 17.7 Å². The SMILES string of the molecule is CCOCCc1n[nH]c(=S)n1CC. The predicted molar refractivity (Wildman–Crippen MR) is 53.3 cm³/mol. The van der Waals surface area contributed by atoms with E-state index < -0.39 is 0 Å². The molecule has 0 amide bonds. The van der Waals surface area contributed by atoms with Crippen molar-refractivity contribution in [3.63, 3.8) is 0 Å². The van der Waals surface area contributed by atoms with Crippen LogP contribution in [0.3, 0.4) is 0 Å². The minimum atomic E-state index is 0.689. The molecule has 0 saturated heterocycles. The van der Waals surface area contributed by atoms with Gasteiger partial charge in [0.15, 0.2) is 4.77 Å². The van der Waals surface area contributed by atoms with Crippen molar-refractivity contribution in [1.82, 2.24) is 14.8 Å². The Bertz CT molecular complexity index is 305. The third kappa shape index (κ3) is 2.63. The summed E-state index contributed by atoms with van der Waals surface area (Å²) < 4.78 is 7.91. The maximum absolute atomic E-state index is 5.24. The summed E-state index contributed by atoms with van der Waals surface area (Å²) in [7, 11) is 0. The van der Waals surface area contributed by atoms with E-state index in [1.165, 1.54) is 0 Å². The predicted octanol–water partition coefficient (Wildman–Crippen LogP) is 1.54. The molecule has 1 aromatic rings. The van der Waals surface area contributed by atoms with E-state index in [1.54, 1.807) is 0 Å². The van der Waals surface area contributed by atoms with Crippen molar-refractivity contribution < 1.29 is 4.74 Å². The highest BCUT2D eigenvalue weighted by molar-refractivity contribution is 7.71. The molecule has 0 atom stereocenters. The first-order valence-electron chi connectivity index (χ1n) is 4.51. The second-order valence-corrected chi connectivity index (χ2v) is 3.02. The molecule has 0 aliphatic heterocycles. The summed E-state index contributed by atoms with van der Waals surface area (Å²) in [5, 5.41) is 6.90. The average molecular weight is 201 g/mol. The minimum Gasteiger partial charge on any atom is -0.381 e. The van der Waals surface area contributed by atoms with E-state index in [-0.39, 0.29) is 0 Å². The molecule has 0 spiro atoms. The summed E-state index contributed by atoms with van der Waals surface area (Å²) in [4.78, 5) is 0. The van der Waals surface area contributed by atoms with Crippen LogP contribution in [0.25, 0.3) is 0 Å². The van der Waals surface area contributed by atoms with Crippen LogP contribution >= 0.6 is 12.2 Å². The smallest absolute Gasteiger partial charge is 0.195 e. The van der Waals surface area contributed by atoms with Crippen LogP contribution in [0.15, 0.2) is 0 Å². The lowest BCUT2D eigenvalue weighted by Gasteiger charge is -2.02. The summed E-state index contributed by atoms with van der Waals surface area (Å²) in [6.07, 6.45) is 0.814. The number of H-pyrrole nitrogens is 1. The summed E-state index contributed by atoms with van der Waals surface area (Å²) in [6.45, 7) is 6.34. The van der Waals surface area contributed by atoms with Gasteiger partial charge in [0.05, 0.1) is 6.61 Å². The van der Waals surface area contributed by atoms with E-state index in [0.717, 1.165) is 25.4 Å². The fourth-order valence-electron chi connectivity index (χ4n) is 1.18. The lowest BCUT2D eigenvalue weighted by atomic mass is 10.4. The van der Waals surface area contributed by atoms with E-state index in [4.69, 9.17) is 17.0 Å². The van der Waals surface area contributed by atoms with Gasteiger partial charge in [0.2, 0.25) is 0 Å². The molecule has 1 aromatic heterocycles. The van der Waals surface area contributed by atoms with Gasteiger partial charge in [-0.3, -0.25) is 5.10 Å². The molecule has 1 heterocycles. The molecular weight excluding hydrogens is 186 g/mol. The number of ether oxygens (including phenoxy) is 1. The minimum absolute atomic E-state index is 0.689. The fraction of sp³-hybridized carbons (Fsp3) is 0.750. The lowest BCUT2D eigenvalue weighted by Crippen LogP contribution is -2.06. The van der Waals surface area contributed by atoms with Crippen LogP contribution in [0.2, 0.25) is 0 Å². The molecule has 1 N–H and O–H groups in total. The summed E-state index contributed by atoms with van der Waals surface area (Å²) in [5.74, 6) is 0.973. The molecule has 0 aromatic carbocycles. The highest BCUT2D eigenvalue weighted by atomic mass is 32.1. The molecule has 0 radical (unpaired) electrons. The summed E-state index contributed by atoms with van der Waals surface area (Å²) in [5.41, 5.74) is 0. The Hall–Kier alpha value is -0.680. The normalized spacial score (nSPS) is 10.6. The van der Waals surface area contributed by atoms with Gasteiger partial charge in [-0.15, -0.1) is 0 Å². The third-order valence-electron chi connectivity index (χ3n) is 1.83. The highest BCUT2D eigenvalue weighted by Gasteiger charge is 2.02. The molecule has 5 heteroatoms. The number of aromatic amines is 1. The average Bonchev–Trinajstić information content (AvgIpc) is 2.47. The third-order valence-corrected chi connectivity index (χ3v) is 2.14. The van der Waals surface area contributed by atoms with Crippen molar-refractivity contribution >= 4 is 12.2 Å². The number of nitrogens with zero attached hydrogens (tertiary/aromatic N) is 2. The fourth-order valence-corrected chi connectivity index (χ4v) is 1.46. The van der Waals surface area contributed by atoms with E-state index in [9.17, 15) is 0 Å². The zero-order chi connectivity index (χ0) is 9.68. The first kappa shape index (κ1) is 10.4. The van der Waals surface area contributed by atoms with Gasteiger partial charge < -0.3 is 9.30 Å². The van der Waals surface area contributed by atoms with Gasteiger partial charge in [-0.25, -0.2) is 0 Å². The van der Waals surface area contributed by atoms with Crippen molar-refractivity contribution in [2.45, 2.75) is 26.8 Å². The van der Waals surface area contributed by atoms with E-state index in [2.05, 4.69) is 17.1 Å². The topological polar surface area (TPSA) is 42.8 Å². The molecule has 74 valence electrons.